The Bertz CT molecular complexity index is 673. The summed E-state index contributed by atoms with van der Waals surface area (Å²) in [7, 11) is 2.12. The molecule has 0 unspecified atom stereocenters. The van der Waals surface area contributed by atoms with Gasteiger partial charge in [0.25, 0.3) is 0 Å². The third kappa shape index (κ3) is 3.64. The second-order valence-corrected chi connectivity index (χ2v) is 6.17. The SMILES string of the molecule is CCn1c(CNC(=O)NC2CCN(C)CC2)nc2ccccc21. The topological polar surface area (TPSA) is 62.2 Å². The van der Waals surface area contributed by atoms with E-state index >= 15 is 0 Å². The second-order valence-electron chi connectivity index (χ2n) is 6.17. The zero-order valence-corrected chi connectivity index (χ0v) is 13.9. The average Bonchev–Trinajstić information content (AvgIpc) is 2.92. The molecule has 2 amide bonds. The number of carbonyl (C=O) groups is 1. The molecule has 1 aromatic heterocycles. The largest absolute Gasteiger partial charge is 0.335 e. The van der Waals surface area contributed by atoms with Crippen LogP contribution in [0.25, 0.3) is 11.0 Å². The summed E-state index contributed by atoms with van der Waals surface area (Å²) in [6.07, 6.45) is 2.02. The number of fused-ring (bicyclic) bond motifs is 1. The quantitative estimate of drug-likeness (QED) is 0.906. The number of para-hydroxylation sites is 2. The lowest BCUT2D eigenvalue weighted by molar-refractivity contribution is 0.213. The highest BCUT2D eigenvalue weighted by atomic mass is 16.2. The summed E-state index contributed by atoms with van der Waals surface area (Å²) >= 11 is 0. The fraction of sp³-hybridized carbons (Fsp3) is 0.529. The van der Waals surface area contributed by atoms with E-state index in [1.807, 2.05) is 18.2 Å². The number of imidazole rings is 1. The Morgan fingerprint density at radius 1 is 1.30 bits per heavy atom. The molecule has 124 valence electrons. The number of hydrogen-bond acceptors (Lipinski definition) is 3. The Morgan fingerprint density at radius 3 is 2.78 bits per heavy atom. The summed E-state index contributed by atoms with van der Waals surface area (Å²) in [6, 6.07) is 8.24. The molecular formula is C17H25N5O. The van der Waals surface area contributed by atoms with Gasteiger partial charge in [-0.05, 0) is 52.0 Å². The first-order valence-electron chi connectivity index (χ1n) is 8.34. The zero-order chi connectivity index (χ0) is 16.2. The van der Waals surface area contributed by atoms with Gasteiger partial charge in [0.1, 0.15) is 5.82 Å². The van der Waals surface area contributed by atoms with Crippen LogP contribution in [0, 0.1) is 0 Å². The Labute approximate surface area is 136 Å². The van der Waals surface area contributed by atoms with Crippen molar-refractivity contribution < 1.29 is 4.79 Å². The molecule has 2 heterocycles. The Balaban J connectivity index is 1.58. The average molecular weight is 315 g/mol. The Morgan fingerprint density at radius 2 is 2.04 bits per heavy atom. The van der Waals surface area contributed by atoms with Crippen LogP contribution >= 0.6 is 0 Å². The predicted molar refractivity (Wildman–Crippen MR) is 91.3 cm³/mol. The number of hydrogen-bond donors (Lipinski definition) is 2. The van der Waals surface area contributed by atoms with Crippen molar-refractivity contribution in [1.29, 1.82) is 0 Å². The number of aryl methyl sites for hydroxylation is 1. The molecular weight excluding hydrogens is 290 g/mol. The van der Waals surface area contributed by atoms with Crippen molar-refractivity contribution in [1.82, 2.24) is 25.1 Å². The molecule has 1 aliphatic heterocycles. The lowest BCUT2D eigenvalue weighted by Crippen LogP contribution is -2.47. The van der Waals surface area contributed by atoms with E-state index in [0.29, 0.717) is 6.54 Å². The van der Waals surface area contributed by atoms with Crippen LogP contribution in [0.2, 0.25) is 0 Å². The number of likely N-dealkylation sites (tertiary alicyclic amines) is 1. The smallest absolute Gasteiger partial charge is 0.315 e. The monoisotopic (exact) mass is 315 g/mol. The molecule has 3 rings (SSSR count). The number of carbonyl (C=O) groups excluding carboxylic acids is 1. The molecule has 6 nitrogen and oxygen atoms in total. The van der Waals surface area contributed by atoms with Gasteiger partial charge in [-0.2, -0.15) is 0 Å². The molecule has 1 fully saturated rings. The van der Waals surface area contributed by atoms with Gasteiger partial charge >= 0.3 is 6.03 Å². The number of piperidine rings is 1. The fourth-order valence-electron chi connectivity index (χ4n) is 3.16. The molecule has 0 atom stereocenters. The van der Waals surface area contributed by atoms with Crippen LogP contribution in [0.5, 0.6) is 0 Å². The maximum absolute atomic E-state index is 12.1. The molecule has 0 bridgehead atoms. The number of urea groups is 1. The van der Waals surface area contributed by atoms with E-state index in [4.69, 9.17) is 0 Å². The van der Waals surface area contributed by atoms with Crippen molar-refractivity contribution in [3.8, 4) is 0 Å². The number of benzene rings is 1. The van der Waals surface area contributed by atoms with E-state index in [-0.39, 0.29) is 12.1 Å². The highest BCUT2D eigenvalue weighted by molar-refractivity contribution is 5.76. The van der Waals surface area contributed by atoms with E-state index in [9.17, 15) is 4.79 Å². The van der Waals surface area contributed by atoms with E-state index in [1.54, 1.807) is 0 Å². The lowest BCUT2D eigenvalue weighted by atomic mass is 10.1. The first-order chi connectivity index (χ1) is 11.2. The summed E-state index contributed by atoms with van der Waals surface area (Å²) in [5, 5.41) is 6.01. The van der Waals surface area contributed by atoms with Crippen molar-refractivity contribution in [2.45, 2.75) is 38.9 Å². The molecule has 0 saturated carbocycles. The molecule has 6 heteroatoms. The molecule has 2 aromatic rings. The minimum absolute atomic E-state index is 0.103. The van der Waals surface area contributed by atoms with Gasteiger partial charge in [-0.25, -0.2) is 9.78 Å². The van der Waals surface area contributed by atoms with Crippen molar-refractivity contribution in [2.75, 3.05) is 20.1 Å². The second kappa shape index (κ2) is 7.00. The minimum atomic E-state index is -0.103. The fourth-order valence-corrected chi connectivity index (χ4v) is 3.16. The number of amides is 2. The maximum Gasteiger partial charge on any atom is 0.315 e. The molecule has 0 aliphatic carbocycles. The lowest BCUT2D eigenvalue weighted by Gasteiger charge is -2.29. The first kappa shape index (κ1) is 15.8. The Kier molecular flexibility index (Phi) is 4.81. The van der Waals surface area contributed by atoms with Gasteiger partial charge in [0.2, 0.25) is 0 Å². The summed E-state index contributed by atoms with van der Waals surface area (Å²) in [5.74, 6) is 0.896. The third-order valence-corrected chi connectivity index (χ3v) is 4.51. The summed E-state index contributed by atoms with van der Waals surface area (Å²) in [4.78, 5) is 19.0. The van der Waals surface area contributed by atoms with Crippen LogP contribution in [0.15, 0.2) is 24.3 Å². The van der Waals surface area contributed by atoms with Crippen LogP contribution in [-0.2, 0) is 13.1 Å². The van der Waals surface area contributed by atoms with E-state index < -0.39 is 0 Å². The van der Waals surface area contributed by atoms with Crippen molar-refractivity contribution in [3.05, 3.63) is 30.1 Å². The number of rotatable bonds is 4. The van der Waals surface area contributed by atoms with E-state index in [1.165, 1.54) is 0 Å². The predicted octanol–water partition coefficient (Wildman–Crippen LogP) is 1.95. The molecule has 1 aromatic carbocycles. The van der Waals surface area contributed by atoms with Crippen LogP contribution in [-0.4, -0.2) is 46.7 Å². The first-order valence-corrected chi connectivity index (χ1v) is 8.34. The van der Waals surface area contributed by atoms with Crippen molar-refractivity contribution >= 4 is 17.1 Å². The number of nitrogens with one attached hydrogen (secondary N) is 2. The summed E-state index contributed by atoms with van der Waals surface area (Å²) in [5.41, 5.74) is 2.09. The van der Waals surface area contributed by atoms with Gasteiger partial charge in [-0.3, -0.25) is 0 Å². The molecule has 23 heavy (non-hydrogen) atoms. The molecule has 1 saturated heterocycles. The number of nitrogens with zero attached hydrogens (tertiary/aromatic N) is 3. The third-order valence-electron chi connectivity index (χ3n) is 4.51. The summed E-state index contributed by atoms with van der Waals surface area (Å²) in [6.45, 7) is 5.46. The van der Waals surface area contributed by atoms with Gasteiger partial charge in [0.15, 0.2) is 0 Å². The zero-order valence-electron chi connectivity index (χ0n) is 13.9. The van der Waals surface area contributed by atoms with Crippen LogP contribution in [0.1, 0.15) is 25.6 Å². The van der Waals surface area contributed by atoms with Crippen molar-refractivity contribution in [2.24, 2.45) is 0 Å². The Hall–Kier alpha value is -2.08. The van der Waals surface area contributed by atoms with E-state index in [2.05, 4.69) is 45.1 Å². The molecule has 1 aliphatic rings. The summed E-state index contributed by atoms with van der Waals surface area (Å²) < 4.78 is 2.14. The van der Waals surface area contributed by atoms with Crippen LogP contribution < -0.4 is 10.6 Å². The van der Waals surface area contributed by atoms with E-state index in [0.717, 1.165) is 49.3 Å². The van der Waals surface area contributed by atoms with Gasteiger partial charge in [-0.1, -0.05) is 12.1 Å². The van der Waals surface area contributed by atoms with Gasteiger partial charge in [0.05, 0.1) is 17.6 Å². The normalized spacial score (nSPS) is 16.6. The number of aromatic nitrogens is 2. The van der Waals surface area contributed by atoms with Crippen LogP contribution in [0.3, 0.4) is 0 Å². The van der Waals surface area contributed by atoms with Crippen molar-refractivity contribution in [3.63, 3.8) is 0 Å². The maximum atomic E-state index is 12.1. The minimum Gasteiger partial charge on any atom is -0.335 e. The highest BCUT2D eigenvalue weighted by Gasteiger charge is 2.18. The molecule has 2 N–H and O–H groups in total. The molecule has 0 spiro atoms. The van der Waals surface area contributed by atoms with Gasteiger partial charge in [0, 0.05) is 12.6 Å². The standard InChI is InChI=1S/C17H25N5O/c1-3-22-15-7-5-4-6-14(15)20-16(22)12-18-17(23)19-13-8-10-21(2)11-9-13/h4-7,13H,3,8-12H2,1-2H3,(H2,18,19,23). The van der Waals surface area contributed by atoms with Gasteiger partial charge in [-0.15, -0.1) is 0 Å². The van der Waals surface area contributed by atoms with Gasteiger partial charge < -0.3 is 20.1 Å². The highest BCUT2D eigenvalue weighted by Crippen LogP contribution is 2.15. The molecule has 0 radical (unpaired) electrons. The van der Waals surface area contributed by atoms with Crippen LogP contribution in [0.4, 0.5) is 4.79 Å².